The van der Waals surface area contributed by atoms with Crippen molar-refractivity contribution in [2.75, 3.05) is 26.2 Å². The van der Waals surface area contributed by atoms with Crippen LogP contribution in [-0.4, -0.2) is 48.3 Å². The molecule has 0 aliphatic carbocycles. The van der Waals surface area contributed by atoms with Gasteiger partial charge in [0, 0.05) is 6.54 Å². The molecule has 1 aliphatic rings. The normalized spacial score (nSPS) is 20.6. The highest BCUT2D eigenvalue weighted by Crippen LogP contribution is 2.07. The monoisotopic (exact) mass is 201 g/mol. The number of hydrogen-bond acceptors (Lipinski definition) is 3. The predicted molar refractivity (Wildman–Crippen MR) is 53.3 cm³/mol. The summed E-state index contributed by atoms with van der Waals surface area (Å²) >= 11 is 0. The summed E-state index contributed by atoms with van der Waals surface area (Å²) in [5.74, 6) is -0.886. The molecule has 1 saturated heterocycles. The van der Waals surface area contributed by atoms with Crippen molar-refractivity contribution in [2.24, 2.45) is 0 Å². The molecule has 14 heavy (non-hydrogen) atoms. The number of aliphatic carboxylic acids is 1. The zero-order chi connectivity index (χ0) is 10.4. The molecule has 4 nitrogen and oxygen atoms in total. The summed E-state index contributed by atoms with van der Waals surface area (Å²) < 4.78 is 5.16. The molecule has 4 heteroatoms. The number of carbonyl (C=O) groups is 1. The number of carboxylic acid groups (broad SMARTS) is 1. The second kappa shape index (κ2) is 5.98. The van der Waals surface area contributed by atoms with Crippen molar-refractivity contribution in [3.05, 3.63) is 0 Å². The first kappa shape index (κ1) is 11.5. The van der Waals surface area contributed by atoms with Crippen LogP contribution in [0.15, 0.2) is 0 Å². The second-order valence-electron chi connectivity index (χ2n) is 3.75. The van der Waals surface area contributed by atoms with E-state index in [1.165, 1.54) is 19.3 Å². The Morgan fingerprint density at radius 2 is 2.07 bits per heavy atom. The molecule has 82 valence electrons. The van der Waals surface area contributed by atoms with Gasteiger partial charge in [0.2, 0.25) is 0 Å². The Kier molecular flexibility index (Phi) is 4.90. The van der Waals surface area contributed by atoms with E-state index in [1.807, 2.05) is 0 Å². The van der Waals surface area contributed by atoms with Crippen molar-refractivity contribution < 1.29 is 14.6 Å². The maximum Gasteiger partial charge on any atom is 0.332 e. The third kappa shape index (κ3) is 4.07. The quantitative estimate of drug-likeness (QED) is 0.720. The van der Waals surface area contributed by atoms with Gasteiger partial charge in [-0.15, -0.1) is 0 Å². The van der Waals surface area contributed by atoms with Gasteiger partial charge >= 0.3 is 5.97 Å². The fourth-order valence-corrected chi connectivity index (χ4v) is 1.61. The van der Waals surface area contributed by atoms with Gasteiger partial charge in [0.05, 0.1) is 6.61 Å². The van der Waals surface area contributed by atoms with Crippen LogP contribution < -0.4 is 0 Å². The van der Waals surface area contributed by atoms with Gasteiger partial charge in [-0.1, -0.05) is 6.42 Å². The van der Waals surface area contributed by atoms with Crippen molar-refractivity contribution in [3.8, 4) is 0 Å². The van der Waals surface area contributed by atoms with Crippen molar-refractivity contribution >= 4 is 5.97 Å². The number of rotatable bonds is 5. The summed E-state index contributed by atoms with van der Waals surface area (Å²) in [6.45, 7) is 5.21. The standard InChI is InChI=1S/C10H19NO3/c1-9(10(12)13)14-8-7-11-5-3-2-4-6-11/h9H,2-8H2,1H3,(H,12,13)/t9-/m0/s1. The van der Waals surface area contributed by atoms with E-state index in [1.54, 1.807) is 6.92 Å². The van der Waals surface area contributed by atoms with Gasteiger partial charge in [-0.25, -0.2) is 4.79 Å². The Bertz CT molecular complexity index is 178. The van der Waals surface area contributed by atoms with Crippen LogP contribution in [0.4, 0.5) is 0 Å². The van der Waals surface area contributed by atoms with Gasteiger partial charge < -0.3 is 14.7 Å². The van der Waals surface area contributed by atoms with E-state index >= 15 is 0 Å². The largest absolute Gasteiger partial charge is 0.479 e. The van der Waals surface area contributed by atoms with Crippen LogP contribution in [0.2, 0.25) is 0 Å². The highest BCUT2D eigenvalue weighted by Gasteiger charge is 2.13. The van der Waals surface area contributed by atoms with E-state index in [-0.39, 0.29) is 0 Å². The zero-order valence-electron chi connectivity index (χ0n) is 8.74. The molecule has 0 bridgehead atoms. The third-order valence-corrected chi connectivity index (χ3v) is 2.57. The smallest absolute Gasteiger partial charge is 0.332 e. The van der Waals surface area contributed by atoms with Gasteiger partial charge in [0.15, 0.2) is 6.10 Å². The highest BCUT2D eigenvalue weighted by atomic mass is 16.5. The topological polar surface area (TPSA) is 49.8 Å². The first-order valence-corrected chi connectivity index (χ1v) is 5.27. The average molecular weight is 201 g/mol. The summed E-state index contributed by atoms with van der Waals surface area (Å²) in [6.07, 6.45) is 3.16. The summed E-state index contributed by atoms with van der Waals surface area (Å²) in [7, 11) is 0. The molecular weight excluding hydrogens is 182 g/mol. The van der Waals surface area contributed by atoms with E-state index in [9.17, 15) is 4.79 Å². The number of ether oxygens (including phenoxy) is 1. The number of hydrogen-bond donors (Lipinski definition) is 1. The van der Waals surface area contributed by atoms with Crippen LogP contribution in [0.25, 0.3) is 0 Å². The molecule has 0 spiro atoms. The molecule has 1 rings (SSSR count). The summed E-state index contributed by atoms with van der Waals surface area (Å²) in [6, 6.07) is 0. The van der Waals surface area contributed by atoms with Gasteiger partial charge in [-0.3, -0.25) is 0 Å². The van der Waals surface area contributed by atoms with Crippen LogP contribution in [0.5, 0.6) is 0 Å². The molecule has 1 fully saturated rings. The summed E-state index contributed by atoms with van der Waals surface area (Å²) in [5.41, 5.74) is 0. The lowest BCUT2D eigenvalue weighted by Crippen LogP contribution is -2.34. The van der Waals surface area contributed by atoms with Gasteiger partial charge in [0.1, 0.15) is 0 Å². The highest BCUT2D eigenvalue weighted by molar-refractivity contribution is 5.71. The molecular formula is C10H19NO3. The molecule has 1 N–H and O–H groups in total. The van der Waals surface area contributed by atoms with Crippen molar-refractivity contribution in [1.29, 1.82) is 0 Å². The van der Waals surface area contributed by atoms with Crippen LogP contribution in [0.1, 0.15) is 26.2 Å². The third-order valence-electron chi connectivity index (χ3n) is 2.57. The van der Waals surface area contributed by atoms with Crippen molar-refractivity contribution in [3.63, 3.8) is 0 Å². The lowest BCUT2D eigenvalue weighted by molar-refractivity contribution is -0.149. The molecule has 0 radical (unpaired) electrons. The average Bonchev–Trinajstić information content (AvgIpc) is 2.19. The molecule has 1 heterocycles. The van der Waals surface area contributed by atoms with E-state index in [2.05, 4.69) is 4.90 Å². The second-order valence-corrected chi connectivity index (χ2v) is 3.75. The van der Waals surface area contributed by atoms with Crippen LogP contribution >= 0.6 is 0 Å². The lowest BCUT2D eigenvalue weighted by Gasteiger charge is -2.26. The molecule has 0 amide bonds. The Morgan fingerprint density at radius 3 is 2.64 bits per heavy atom. The lowest BCUT2D eigenvalue weighted by atomic mass is 10.1. The van der Waals surface area contributed by atoms with Crippen LogP contribution in [0, 0.1) is 0 Å². The number of likely N-dealkylation sites (tertiary alicyclic amines) is 1. The van der Waals surface area contributed by atoms with Crippen LogP contribution in [0.3, 0.4) is 0 Å². The molecule has 0 saturated carbocycles. The first-order valence-electron chi connectivity index (χ1n) is 5.27. The number of nitrogens with zero attached hydrogens (tertiary/aromatic N) is 1. The van der Waals surface area contributed by atoms with Crippen molar-refractivity contribution in [1.82, 2.24) is 4.90 Å². The minimum atomic E-state index is -0.886. The Hall–Kier alpha value is -0.610. The molecule has 0 unspecified atom stereocenters. The van der Waals surface area contributed by atoms with E-state index in [4.69, 9.17) is 9.84 Å². The Balaban J connectivity index is 2.05. The molecule has 1 aliphatic heterocycles. The minimum Gasteiger partial charge on any atom is -0.479 e. The predicted octanol–water partition coefficient (Wildman–Crippen LogP) is 0.962. The Labute approximate surface area is 84.8 Å². The maximum absolute atomic E-state index is 10.4. The number of carboxylic acids is 1. The zero-order valence-corrected chi connectivity index (χ0v) is 8.74. The van der Waals surface area contributed by atoms with E-state index in [0.717, 1.165) is 19.6 Å². The molecule has 0 aromatic rings. The maximum atomic E-state index is 10.4. The van der Waals surface area contributed by atoms with Crippen LogP contribution in [-0.2, 0) is 9.53 Å². The van der Waals surface area contributed by atoms with E-state index < -0.39 is 12.1 Å². The minimum absolute atomic E-state index is 0.521. The summed E-state index contributed by atoms with van der Waals surface area (Å²) in [4.78, 5) is 12.8. The number of piperidine rings is 1. The molecule has 1 atom stereocenters. The van der Waals surface area contributed by atoms with Gasteiger partial charge in [-0.2, -0.15) is 0 Å². The fraction of sp³-hybridized carbons (Fsp3) is 0.900. The first-order chi connectivity index (χ1) is 6.70. The SMILES string of the molecule is C[C@H](OCCN1CCCCC1)C(=O)O. The Morgan fingerprint density at radius 1 is 1.43 bits per heavy atom. The fourth-order valence-electron chi connectivity index (χ4n) is 1.61. The van der Waals surface area contributed by atoms with E-state index in [0.29, 0.717) is 6.61 Å². The van der Waals surface area contributed by atoms with Crippen molar-refractivity contribution in [2.45, 2.75) is 32.3 Å². The molecule has 0 aromatic heterocycles. The van der Waals surface area contributed by atoms with Gasteiger partial charge in [0.25, 0.3) is 0 Å². The van der Waals surface area contributed by atoms with Gasteiger partial charge in [-0.05, 0) is 32.9 Å². The molecule has 0 aromatic carbocycles. The summed E-state index contributed by atoms with van der Waals surface area (Å²) in [5, 5.41) is 8.58.